The van der Waals surface area contributed by atoms with Crippen LogP contribution < -0.4 is 10.6 Å². The number of anilines is 1. The van der Waals surface area contributed by atoms with Crippen molar-refractivity contribution in [1.29, 1.82) is 0 Å². The van der Waals surface area contributed by atoms with Gasteiger partial charge in [0, 0.05) is 31.3 Å². The molecule has 1 amide bonds. The fraction of sp³-hybridized carbons (Fsp3) is 0.647. The molecule has 1 saturated carbocycles. The third kappa shape index (κ3) is 4.91. The second kappa shape index (κ2) is 8.61. The molecule has 0 spiro atoms. The molecule has 132 valence electrons. The van der Waals surface area contributed by atoms with Gasteiger partial charge < -0.3 is 15.4 Å². The van der Waals surface area contributed by atoms with Gasteiger partial charge in [-0.2, -0.15) is 0 Å². The van der Waals surface area contributed by atoms with Crippen LogP contribution >= 0.6 is 0 Å². The summed E-state index contributed by atoms with van der Waals surface area (Å²) in [6.45, 7) is 4.00. The topological polar surface area (TPSA) is 93.2 Å². The highest BCUT2D eigenvalue weighted by Gasteiger charge is 2.32. The van der Waals surface area contributed by atoms with Crippen LogP contribution in [-0.2, 0) is 20.7 Å². The number of esters is 1. The first-order chi connectivity index (χ1) is 11.5. The average molecular weight is 334 g/mol. The van der Waals surface area contributed by atoms with Gasteiger partial charge in [0.25, 0.3) is 0 Å². The number of ether oxygens (including phenoxy) is 1. The summed E-state index contributed by atoms with van der Waals surface area (Å²) in [5.41, 5.74) is 0.799. The maximum absolute atomic E-state index is 12.0. The van der Waals surface area contributed by atoms with Gasteiger partial charge in [-0.15, -0.1) is 0 Å². The van der Waals surface area contributed by atoms with E-state index in [0.29, 0.717) is 31.1 Å². The Morgan fingerprint density at radius 2 is 2.12 bits per heavy atom. The van der Waals surface area contributed by atoms with E-state index in [2.05, 4.69) is 20.6 Å². The molecule has 1 fully saturated rings. The highest BCUT2D eigenvalue weighted by Crippen LogP contribution is 2.28. The summed E-state index contributed by atoms with van der Waals surface area (Å²) in [6, 6.07) is 1.93. The normalized spacial score (nSPS) is 19.8. The molecule has 0 unspecified atom stereocenters. The molecular formula is C17H26N4O3. The smallest absolute Gasteiger partial charge is 0.306 e. The van der Waals surface area contributed by atoms with Crippen LogP contribution in [0.5, 0.6) is 0 Å². The van der Waals surface area contributed by atoms with Crippen molar-refractivity contribution in [2.24, 2.45) is 5.92 Å². The first-order valence-electron chi connectivity index (χ1n) is 8.51. The van der Waals surface area contributed by atoms with E-state index < -0.39 is 0 Å². The van der Waals surface area contributed by atoms with Gasteiger partial charge in [0.2, 0.25) is 5.91 Å². The van der Waals surface area contributed by atoms with E-state index >= 15 is 0 Å². The number of amides is 1. The molecule has 0 aromatic carbocycles. The Labute approximate surface area is 142 Å². The summed E-state index contributed by atoms with van der Waals surface area (Å²) < 4.78 is 4.94. The Balaban J connectivity index is 2.02. The summed E-state index contributed by atoms with van der Waals surface area (Å²) in [5, 5.41) is 6.10. The second-order valence-corrected chi connectivity index (χ2v) is 6.00. The zero-order valence-corrected chi connectivity index (χ0v) is 14.6. The van der Waals surface area contributed by atoms with Gasteiger partial charge in [0.15, 0.2) is 0 Å². The number of aryl methyl sites for hydroxylation is 2. The van der Waals surface area contributed by atoms with E-state index in [1.807, 2.05) is 13.0 Å². The predicted octanol–water partition coefficient (Wildman–Crippen LogP) is 1.61. The molecule has 0 aliphatic heterocycles. The minimum Gasteiger partial charge on any atom is -0.466 e. The van der Waals surface area contributed by atoms with Crippen LogP contribution in [0, 0.1) is 12.8 Å². The number of nitrogens with zero attached hydrogens (tertiary/aromatic N) is 2. The lowest BCUT2D eigenvalue weighted by molar-refractivity contribution is -0.143. The number of rotatable bonds is 7. The minimum atomic E-state index is -0.223. The molecule has 1 aromatic rings. The Bertz CT molecular complexity index is 591. The maximum atomic E-state index is 12.0. The SMILES string of the molecule is CCOC(=O)CCc1cc(N[C@H]2CCC[C@@H]2C(=O)NC)nc(C)n1. The number of carbonyl (C=O) groups is 2. The molecule has 0 radical (unpaired) electrons. The number of aromatic nitrogens is 2. The lowest BCUT2D eigenvalue weighted by atomic mass is 10.0. The standard InChI is InChI=1S/C17H26N4O3/c1-4-24-16(22)9-8-12-10-15(20-11(2)19-12)21-14-7-5-6-13(14)17(23)18-3/h10,13-14H,4-9H2,1-3H3,(H,18,23)(H,19,20,21)/t13-,14-/m0/s1. The second-order valence-electron chi connectivity index (χ2n) is 6.00. The average Bonchev–Trinajstić information content (AvgIpc) is 3.00. The van der Waals surface area contributed by atoms with Gasteiger partial charge in [-0.05, 0) is 26.7 Å². The van der Waals surface area contributed by atoms with E-state index in [0.717, 1.165) is 25.0 Å². The first-order valence-corrected chi connectivity index (χ1v) is 8.51. The maximum Gasteiger partial charge on any atom is 0.306 e. The summed E-state index contributed by atoms with van der Waals surface area (Å²) in [7, 11) is 1.67. The number of hydrogen-bond donors (Lipinski definition) is 2. The molecule has 2 rings (SSSR count). The van der Waals surface area contributed by atoms with Crippen molar-refractivity contribution >= 4 is 17.7 Å². The van der Waals surface area contributed by atoms with Crippen LogP contribution in [-0.4, -0.2) is 41.5 Å². The van der Waals surface area contributed by atoms with E-state index in [1.165, 1.54) is 0 Å². The van der Waals surface area contributed by atoms with Crippen molar-refractivity contribution in [3.63, 3.8) is 0 Å². The molecule has 1 heterocycles. The zero-order valence-electron chi connectivity index (χ0n) is 14.6. The largest absolute Gasteiger partial charge is 0.466 e. The van der Waals surface area contributed by atoms with Crippen molar-refractivity contribution in [3.8, 4) is 0 Å². The first kappa shape index (κ1) is 18.2. The zero-order chi connectivity index (χ0) is 17.5. The molecule has 2 N–H and O–H groups in total. The minimum absolute atomic E-state index is 0.0340. The van der Waals surface area contributed by atoms with Crippen LogP contribution in [0.1, 0.15) is 44.1 Å². The molecule has 0 bridgehead atoms. The lowest BCUT2D eigenvalue weighted by Crippen LogP contribution is -2.36. The Kier molecular flexibility index (Phi) is 6.52. The molecule has 0 saturated heterocycles. The van der Waals surface area contributed by atoms with Crippen LogP contribution in [0.2, 0.25) is 0 Å². The highest BCUT2D eigenvalue weighted by atomic mass is 16.5. The fourth-order valence-electron chi connectivity index (χ4n) is 3.12. The van der Waals surface area contributed by atoms with E-state index in [1.54, 1.807) is 14.0 Å². The van der Waals surface area contributed by atoms with Gasteiger partial charge in [0.05, 0.1) is 18.9 Å². The van der Waals surface area contributed by atoms with Gasteiger partial charge >= 0.3 is 5.97 Å². The monoisotopic (exact) mass is 334 g/mol. The Morgan fingerprint density at radius 3 is 2.83 bits per heavy atom. The third-order valence-electron chi connectivity index (χ3n) is 4.21. The van der Waals surface area contributed by atoms with Gasteiger partial charge in [-0.1, -0.05) is 6.42 Å². The van der Waals surface area contributed by atoms with Crippen molar-refractivity contribution in [2.75, 3.05) is 19.0 Å². The van der Waals surface area contributed by atoms with Crippen molar-refractivity contribution in [1.82, 2.24) is 15.3 Å². The highest BCUT2D eigenvalue weighted by molar-refractivity contribution is 5.79. The lowest BCUT2D eigenvalue weighted by Gasteiger charge is -2.20. The van der Waals surface area contributed by atoms with Gasteiger partial charge in [-0.3, -0.25) is 9.59 Å². The summed E-state index contributed by atoms with van der Waals surface area (Å²) in [4.78, 5) is 32.2. The van der Waals surface area contributed by atoms with E-state index in [9.17, 15) is 9.59 Å². The Morgan fingerprint density at radius 1 is 1.33 bits per heavy atom. The molecular weight excluding hydrogens is 308 g/mol. The molecule has 2 atom stereocenters. The van der Waals surface area contributed by atoms with Gasteiger partial charge in [-0.25, -0.2) is 9.97 Å². The van der Waals surface area contributed by atoms with Gasteiger partial charge in [0.1, 0.15) is 11.6 Å². The van der Waals surface area contributed by atoms with Crippen LogP contribution in [0.4, 0.5) is 5.82 Å². The van der Waals surface area contributed by atoms with E-state index in [4.69, 9.17) is 4.74 Å². The molecule has 1 aromatic heterocycles. The van der Waals surface area contributed by atoms with E-state index in [-0.39, 0.29) is 23.8 Å². The predicted molar refractivity (Wildman–Crippen MR) is 90.5 cm³/mol. The van der Waals surface area contributed by atoms with Crippen molar-refractivity contribution in [3.05, 3.63) is 17.6 Å². The van der Waals surface area contributed by atoms with Crippen LogP contribution in [0.25, 0.3) is 0 Å². The summed E-state index contributed by atoms with van der Waals surface area (Å²) >= 11 is 0. The Hall–Kier alpha value is -2.18. The van der Waals surface area contributed by atoms with Crippen LogP contribution in [0.15, 0.2) is 6.07 Å². The molecule has 1 aliphatic rings. The molecule has 24 heavy (non-hydrogen) atoms. The third-order valence-corrected chi connectivity index (χ3v) is 4.21. The van der Waals surface area contributed by atoms with Crippen molar-refractivity contribution in [2.45, 2.75) is 52.0 Å². The number of hydrogen-bond acceptors (Lipinski definition) is 6. The van der Waals surface area contributed by atoms with Crippen LogP contribution in [0.3, 0.4) is 0 Å². The number of carbonyl (C=O) groups excluding carboxylic acids is 2. The molecule has 7 nitrogen and oxygen atoms in total. The number of nitrogens with one attached hydrogen (secondary N) is 2. The summed E-state index contributed by atoms with van der Waals surface area (Å²) in [5.74, 6) is 1.17. The fourth-order valence-corrected chi connectivity index (χ4v) is 3.12. The van der Waals surface area contributed by atoms with Crippen molar-refractivity contribution < 1.29 is 14.3 Å². The molecule has 1 aliphatic carbocycles. The summed E-state index contributed by atoms with van der Waals surface area (Å²) in [6.07, 6.45) is 3.67. The quantitative estimate of drug-likeness (QED) is 0.736. The molecule has 7 heteroatoms.